The number of nitro groups is 1. The van der Waals surface area contributed by atoms with Crippen LogP contribution in [0.1, 0.15) is 21.6 Å². The first kappa shape index (κ1) is 22.0. The Labute approximate surface area is 178 Å². The maximum atomic E-state index is 12.8. The van der Waals surface area contributed by atoms with E-state index in [0.717, 1.165) is 24.3 Å². The third-order valence-corrected chi connectivity index (χ3v) is 4.24. The van der Waals surface area contributed by atoms with Crippen LogP contribution in [0.25, 0.3) is 0 Å². The van der Waals surface area contributed by atoms with Gasteiger partial charge >= 0.3 is 12.1 Å². The largest absolute Gasteiger partial charge is 0.456 e. The molecule has 160 valence electrons. The Morgan fingerprint density at radius 1 is 1.13 bits per heavy atom. The van der Waals surface area contributed by atoms with Gasteiger partial charge in [-0.05, 0) is 36.4 Å². The molecule has 0 aliphatic carbocycles. The summed E-state index contributed by atoms with van der Waals surface area (Å²) in [7, 11) is 0. The van der Waals surface area contributed by atoms with E-state index in [1.54, 1.807) is 18.2 Å². The number of pyridine rings is 1. The fourth-order valence-corrected chi connectivity index (χ4v) is 2.71. The number of carbonyl (C=O) groups is 1. The third kappa shape index (κ3) is 5.48. The molecule has 0 aliphatic rings. The number of alkyl halides is 3. The molecule has 3 rings (SSSR count). The van der Waals surface area contributed by atoms with Crippen LogP contribution in [0.4, 0.5) is 18.9 Å². The van der Waals surface area contributed by atoms with Crippen LogP contribution in [0.3, 0.4) is 0 Å². The number of nitrogens with zero attached hydrogens (tertiary/aromatic N) is 2. The second kappa shape index (κ2) is 9.00. The van der Waals surface area contributed by atoms with Gasteiger partial charge in [0.05, 0.1) is 21.2 Å². The van der Waals surface area contributed by atoms with Gasteiger partial charge in [0, 0.05) is 18.3 Å². The van der Waals surface area contributed by atoms with Crippen molar-refractivity contribution in [2.75, 3.05) is 0 Å². The fourth-order valence-electron chi connectivity index (χ4n) is 2.49. The minimum atomic E-state index is -4.58. The summed E-state index contributed by atoms with van der Waals surface area (Å²) in [6.07, 6.45) is -3.09. The van der Waals surface area contributed by atoms with Crippen molar-refractivity contribution < 1.29 is 32.4 Å². The first-order valence-electron chi connectivity index (χ1n) is 8.55. The summed E-state index contributed by atoms with van der Waals surface area (Å²) >= 11 is 5.86. The van der Waals surface area contributed by atoms with E-state index in [9.17, 15) is 28.1 Å². The van der Waals surface area contributed by atoms with Gasteiger partial charge in [0.1, 0.15) is 23.7 Å². The van der Waals surface area contributed by atoms with Crippen LogP contribution in [0.15, 0.2) is 60.8 Å². The predicted octanol–water partition coefficient (Wildman–Crippen LogP) is 5.81. The van der Waals surface area contributed by atoms with Crippen LogP contribution < -0.4 is 4.74 Å². The molecule has 0 atom stereocenters. The Morgan fingerprint density at radius 2 is 1.90 bits per heavy atom. The molecule has 11 heteroatoms. The molecule has 0 N–H and O–H groups in total. The zero-order valence-corrected chi connectivity index (χ0v) is 16.2. The molecule has 0 amide bonds. The van der Waals surface area contributed by atoms with Crippen molar-refractivity contribution in [2.45, 2.75) is 12.8 Å². The smallest absolute Gasteiger partial charge is 0.416 e. The zero-order chi connectivity index (χ0) is 22.6. The Hall–Kier alpha value is -3.66. The lowest BCUT2D eigenvalue weighted by molar-refractivity contribution is -0.385. The summed E-state index contributed by atoms with van der Waals surface area (Å²) in [5.41, 5.74) is -1.46. The molecule has 0 fully saturated rings. The molecular weight excluding hydrogens is 441 g/mol. The lowest BCUT2D eigenvalue weighted by atomic mass is 10.1. The first-order valence-corrected chi connectivity index (χ1v) is 8.93. The fraction of sp³-hybridized carbons (Fsp3) is 0.100. The number of esters is 1. The van der Waals surface area contributed by atoms with Gasteiger partial charge in [-0.25, -0.2) is 4.79 Å². The molecule has 31 heavy (non-hydrogen) atoms. The van der Waals surface area contributed by atoms with Gasteiger partial charge < -0.3 is 9.47 Å². The monoisotopic (exact) mass is 452 g/mol. The number of ether oxygens (including phenoxy) is 2. The Morgan fingerprint density at radius 3 is 2.52 bits per heavy atom. The number of carbonyl (C=O) groups excluding carboxylic acids is 1. The lowest BCUT2D eigenvalue weighted by Gasteiger charge is -2.12. The molecule has 3 aromatic rings. The van der Waals surface area contributed by atoms with Crippen molar-refractivity contribution in [2.24, 2.45) is 0 Å². The normalized spacial score (nSPS) is 11.1. The van der Waals surface area contributed by atoms with Crippen molar-refractivity contribution >= 4 is 23.3 Å². The average Bonchev–Trinajstić information content (AvgIpc) is 2.73. The van der Waals surface area contributed by atoms with E-state index < -0.39 is 33.9 Å². The number of benzene rings is 2. The number of aromatic nitrogens is 1. The molecule has 0 aliphatic heterocycles. The summed E-state index contributed by atoms with van der Waals surface area (Å²) in [6.45, 7) is -0.216. The van der Waals surface area contributed by atoms with Crippen LogP contribution >= 0.6 is 11.6 Å². The summed E-state index contributed by atoms with van der Waals surface area (Å²) in [5.74, 6) is -1.19. The van der Waals surface area contributed by atoms with Gasteiger partial charge in [0.15, 0.2) is 0 Å². The summed E-state index contributed by atoms with van der Waals surface area (Å²) in [4.78, 5) is 26.9. The predicted molar refractivity (Wildman–Crippen MR) is 103 cm³/mol. The minimum absolute atomic E-state index is 0.0583. The van der Waals surface area contributed by atoms with E-state index in [-0.39, 0.29) is 23.1 Å². The number of nitro benzene ring substituents is 1. The third-order valence-electron chi connectivity index (χ3n) is 3.95. The highest BCUT2D eigenvalue weighted by atomic mass is 35.5. The summed E-state index contributed by atoms with van der Waals surface area (Å²) in [5, 5.41) is 10.9. The molecule has 0 saturated heterocycles. The SMILES string of the molecule is O=C(OCc1ccccn1)c1cc(Oc2ccc(C(F)(F)F)cc2Cl)ccc1[N+](=O)[O-]. The van der Waals surface area contributed by atoms with Crippen LogP contribution in [0.2, 0.25) is 5.02 Å². The summed E-state index contributed by atoms with van der Waals surface area (Å²) in [6, 6.07) is 10.7. The maximum Gasteiger partial charge on any atom is 0.416 e. The molecular formula is C20H12ClF3N2O5. The standard InChI is InChI=1S/C20H12ClF3N2O5/c21-16-9-12(20(22,23)24)4-7-18(16)31-14-5-6-17(26(28)29)15(10-14)19(27)30-11-13-3-1-2-8-25-13/h1-10H,11H2. The minimum Gasteiger partial charge on any atom is -0.456 e. The van der Waals surface area contributed by atoms with Crippen LogP contribution in [-0.2, 0) is 17.5 Å². The Kier molecular flexibility index (Phi) is 6.40. The second-order valence-electron chi connectivity index (χ2n) is 6.08. The van der Waals surface area contributed by atoms with Crippen LogP contribution in [0, 0.1) is 10.1 Å². The van der Waals surface area contributed by atoms with Crippen LogP contribution in [-0.4, -0.2) is 15.9 Å². The quantitative estimate of drug-likeness (QED) is 0.266. The molecule has 0 radical (unpaired) electrons. The molecule has 1 aromatic heterocycles. The van der Waals surface area contributed by atoms with Gasteiger partial charge in [-0.1, -0.05) is 17.7 Å². The van der Waals surface area contributed by atoms with Crippen molar-refractivity contribution in [3.8, 4) is 11.5 Å². The Bertz CT molecular complexity index is 1120. The first-order chi connectivity index (χ1) is 14.6. The zero-order valence-electron chi connectivity index (χ0n) is 15.4. The van der Waals surface area contributed by atoms with E-state index in [0.29, 0.717) is 11.8 Å². The van der Waals surface area contributed by atoms with E-state index >= 15 is 0 Å². The van der Waals surface area contributed by atoms with Crippen LogP contribution in [0.5, 0.6) is 11.5 Å². The Balaban J connectivity index is 1.84. The molecule has 0 unspecified atom stereocenters. The highest BCUT2D eigenvalue weighted by Crippen LogP contribution is 2.37. The van der Waals surface area contributed by atoms with Gasteiger partial charge in [0.25, 0.3) is 5.69 Å². The molecule has 1 heterocycles. The second-order valence-corrected chi connectivity index (χ2v) is 6.49. The highest BCUT2D eigenvalue weighted by Gasteiger charge is 2.31. The average molecular weight is 453 g/mol. The van der Waals surface area contributed by atoms with Gasteiger partial charge in [-0.2, -0.15) is 13.2 Å². The van der Waals surface area contributed by atoms with E-state index in [4.69, 9.17) is 21.1 Å². The van der Waals surface area contributed by atoms with Gasteiger partial charge in [0.2, 0.25) is 0 Å². The van der Waals surface area contributed by atoms with Crippen molar-refractivity contribution in [1.29, 1.82) is 0 Å². The molecule has 0 spiro atoms. The van der Waals surface area contributed by atoms with Crippen molar-refractivity contribution in [3.05, 3.63) is 92.8 Å². The van der Waals surface area contributed by atoms with Gasteiger partial charge in [-0.3, -0.25) is 15.1 Å². The van der Waals surface area contributed by atoms with Crippen molar-refractivity contribution in [3.63, 3.8) is 0 Å². The number of hydrogen-bond donors (Lipinski definition) is 0. The topological polar surface area (TPSA) is 91.6 Å². The van der Waals surface area contributed by atoms with E-state index in [1.807, 2.05) is 0 Å². The summed E-state index contributed by atoms with van der Waals surface area (Å²) < 4.78 is 48.8. The van der Waals surface area contributed by atoms with Crippen molar-refractivity contribution in [1.82, 2.24) is 4.98 Å². The number of hydrogen-bond acceptors (Lipinski definition) is 6. The molecule has 0 saturated carbocycles. The lowest BCUT2D eigenvalue weighted by Crippen LogP contribution is -2.09. The van der Waals surface area contributed by atoms with Gasteiger partial charge in [-0.15, -0.1) is 0 Å². The highest BCUT2D eigenvalue weighted by molar-refractivity contribution is 6.32. The molecule has 7 nitrogen and oxygen atoms in total. The number of rotatable bonds is 6. The molecule has 2 aromatic carbocycles. The maximum absolute atomic E-state index is 12.8. The molecule has 0 bridgehead atoms. The van der Waals surface area contributed by atoms with E-state index in [1.165, 1.54) is 12.3 Å². The van der Waals surface area contributed by atoms with E-state index in [2.05, 4.69) is 4.98 Å². The number of halogens is 4.